The van der Waals surface area contributed by atoms with Gasteiger partial charge in [0, 0.05) is 18.3 Å². The summed E-state index contributed by atoms with van der Waals surface area (Å²) in [6.45, 7) is 10.6. The summed E-state index contributed by atoms with van der Waals surface area (Å²) in [4.78, 5) is 68.6. The molecule has 240 valence electrons. The van der Waals surface area contributed by atoms with Crippen LogP contribution in [0.4, 0.5) is 22.2 Å². The molecule has 0 aliphatic rings. The molecule has 0 bridgehead atoms. The van der Waals surface area contributed by atoms with Crippen molar-refractivity contribution in [3.63, 3.8) is 0 Å². The third-order valence-electron chi connectivity index (χ3n) is 5.63. The summed E-state index contributed by atoms with van der Waals surface area (Å²) in [6, 6.07) is 6.60. The third kappa shape index (κ3) is 10.4. The maximum Gasteiger partial charge on any atom is 0.413 e. The molecule has 45 heavy (non-hydrogen) atoms. The number of hydrogen-bond acceptors (Lipinski definition) is 13. The predicted octanol–water partition coefficient (Wildman–Crippen LogP) is 3.50. The van der Waals surface area contributed by atoms with Crippen LogP contribution in [0.1, 0.15) is 64.0 Å². The lowest BCUT2D eigenvalue weighted by atomic mass is 10.1. The highest BCUT2D eigenvalue weighted by atomic mass is 16.6. The monoisotopic (exact) mass is 622 g/mol. The molecule has 0 atom stereocenters. The number of fused-ring (bicyclic) bond motifs is 1. The van der Waals surface area contributed by atoms with E-state index in [1.807, 2.05) is 11.9 Å². The fourth-order valence-corrected chi connectivity index (χ4v) is 3.71. The molecule has 15 nitrogen and oxygen atoms in total. The summed E-state index contributed by atoms with van der Waals surface area (Å²) in [5.74, 6) is -1.97. The molecule has 0 unspecified atom stereocenters. The maximum absolute atomic E-state index is 13.0. The Hall–Kier alpha value is -5.34. The van der Waals surface area contributed by atoms with Crippen molar-refractivity contribution in [2.75, 3.05) is 30.1 Å². The summed E-state index contributed by atoms with van der Waals surface area (Å²) in [5, 5.41) is 5.08. The average molecular weight is 623 g/mol. The summed E-state index contributed by atoms with van der Waals surface area (Å²) in [7, 11) is 3.04. The van der Waals surface area contributed by atoms with E-state index >= 15 is 0 Å². The first-order chi connectivity index (χ1) is 20.9. The molecule has 2 heterocycles. The molecule has 3 rings (SSSR count). The van der Waals surface area contributed by atoms with Crippen molar-refractivity contribution in [3.8, 4) is 0 Å². The van der Waals surface area contributed by atoms with Gasteiger partial charge in [-0.15, -0.1) is 0 Å². The number of anilines is 3. The molecule has 0 aliphatic carbocycles. The van der Waals surface area contributed by atoms with Crippen LogP contribution in [0.25, 0.3) is 11.2 Å². The first-order valence-electron chi connectivity index (χ1n) is 13.9. The van der Waals surface area contributed by atoms with Crippen molar-refractivity contribution in [1.82, 2.24) is 25.3 Å². The number of nitrogens with zero attached hydrogens (tertiary/aromatic N) is 5. The number of aromatic nitrogens is 4. The van der Waals surface area contributed by atoms with Gasteiger partial charge in [0.1, 0.15) is 16.9 Å². The van der Waals surface area contributed by atoms with E-state index in [1.54, 1.807) is 65.8 Å². The Bertz CT molecular complexity index is 1610. The zero-order chi connectivity index (χ0) is 33.5. The van der Waals surface area contributed by atoms with E-state index < -0.39 is 35.1 Å². The highest BCUT2D eigenvalue weighted by Crippen LogP contribution is 2.21. The predicted molar refractivity (Wildman–Crippen MR) is 166 cm³/mol. The van der Waals surface area contributed by atoms with Crippen LogP contribution < -0.4 is 21.3 Å². The van der Waals surface area contributed by atoms with Gasteiger partial charge in [0.15, 0.2) is 17.0 Å². The minimum atomic E-state index is -0.815. The number of rotatable bonds is 9. The van der Waals surface area contributed by atoms with Gasteiger partial charge in [0.25, 0.3) is 5.91 Å². The second-order valence-electron chi connectivity index (χ2n) is 11.8. The van der Waals surface area contributed by atoms with Gasteiger partial charge in [0.2, 0.25) is 5.95 Å². The Balaban J connectivity index is 1.76. The fourth-order valence-electron chi connectivity index (χ4n) is 3.71. The second-order valence-corrected chi connectivity index (χ2v) is 11.8. The standard InChI is InChI=1S/C30H38N8O7/c1-29(2,3)44-26(41)20(13-14-21(39)43-8)34-25(40)17-9-11-19(12-10-17)38(7)16-18-15-32-23-22(33-18)24(36-27(31)35-23)37-28(42)45-30(4,5)6/h9-13,15H,14,16H2,1-8H3,(H,34,40)(H3,31,32,35,36,37,42)/b20-13+. The van der Waals surface area contributed by atoms with Gasteiger partial charge in [-0.3, -0.25) is 14.9 Å². The summed E-state index contributed by atoms with van der Waals surface area (Å²) >= 11 is 0. The maximum atomic E-state index is 13.0. The number of carbonyl (C=O) groups excluding carboxylic acids is 4. The van der Waals surface area contributed by atoms with Gasteiger partial charge in [0.05, 0.1) is 32.0 Å². The van der Waals surface area contributed by atoms with E-state index in [2.05, 4.69) is 35.3 Å². The molecule has 4 N–H and O–H groups in total. The van der Waals surface area contributed by atoms with Crippen LogP contribution in [0.15, 0.2) is 42.2 Å². The fraction of sp³-hybridized carbons (Fsp3) is 0.400. The SMILES string of the molecule is COC(=O)C/C=C(/NC(=O)c1ccc(N(C)Cc2cnc3nc(N)nc(NC(=O)OC(C)(C)C)c3n2)cc1)C(=O)OC(C)(C)C. The normalized spacial score (nSPS) is 11.9. The topological polar surface area (TPSA) is 201 Å². The van der Waals surface area contributed by atoms with Crippen molar-refractivity contribution >= 4 is 52.6 Å². The van der Waals surface area contributed by atoms with E-state index in [0.717, 1.165) is 5.69 Å². The number of methoxy groups -OCH3 is 1. The van der Waals surface area contributed by atoms with Crippen LogP contribution in [0.3, 0.4) is 0 Å². The van der Waals surface area contributed by atoms with Crippen LogP contribution in [-0.2, 0) is 30.3 Å². The number of benzene rings is 1. The number of nitrogens with one attached hydrogen (secondary N) is 2. The van der Waals surface area contributed by atoms with E-state index in [0.29, 0.717) is 12.2 Å². The van der Waals surface area contributed by atoms with Gasteiger partial charge < -0.3 is 30.2 Å². The van der Waals surface area contributed by atoms with E-state index in [4.69, 9.17) is 15.2 Å². The van der Waals surface area contributed by atoms with Gasteiger partial charge in [-0.2, -0.15) is 9.97 Å². The van der Waals surface area contributed by atoms with Crippen molar-refractivity contribution in [2.45, 2.75) is 65.7 Å². The van der Waals surface area contributed by atoms with Gasteiger partial charge in [-0.05, 0) is 71.9 Å². The van der Waals surface area contributed by atoms with Crippen molar-refractivity contribution in [1.29, 1.82) is 0 Å². The minimum absolute atomic E-state index is 0.0607. The first-order valence-corrected chi connectivity index (χ1v) is 13.9. The second kappa shape index (κ2) is 14.0. The number of esters is 2. The number of carbonyl (C=O) groups is 4. The van der Waals surface area contributed by atoms with Crippen molar-refractivity contribution in [2.24, 2.45) is 0 Å². The smallest absolute Gasteiger partial charge is 0.413 e. The molecule has 2 aromatic heterocycles. The number of amides is 2. The molecule has 0 saturated carbocycles. The largest absolute Gasteiger partial charge is 0.469 e. The Labute approximate surface area is 260 Å². The molecule has 0 spiro atoms. The highest BCUT2D eigenvalue weighted by Gasteiger charge is 2.23. The summed E-state index contributed by atoms with van der Waals surface area (Å²) in [5.41, 5.74) is 6.03. The number of nitrogen functional groups attached to an aromatic ring is 1. The van der Waals surface area contributed by atoms with Crippen LogP contribution in [0, 0.1) is 0 Å². The number of nitrogens with two attached hydrogens (primary N) is 1. The van der Waals surface area contributed by atoms with Crippen LogP contribution in [-0.4, -0.2) is 69.2 Å². The van der Waals surface area contributed by atoms with Crippen LogP contribution in [0.5, 0.6) is 0 Å². The molecule has 15 heteroatoms. The Morgan fingerprint density at radius 3 is 2.20 bits per heavy atom. The lowest BCUT2D eigenvalue weighted by molar-refractivity contribution is -0.150. The third-order valence-corrected chi connectivity index (χ3v) is 5.63. The average Bonchev–Trinajstić information content (AvgIpc) is 2.93. The molecular formula is C30H38N8O7. The quantitative estimate of drug-likeness (QED) is 0.178. The van der Waals surface area contributed by atoms with E-state index in [-0.39, 0.29) is 40.6 Å². The minimum Gasteiger partial charge on any atom is -0.469 e. The zero-order valence-electron chi connectivity index (χ0n) is 26.5. The molecule has 0 aliphatic heterocycles. The molecule has 2 amide bonds. The molecular weight excluding hydrogens is 584 g/mol. The van der Waals surface area contributed by atoms with Crippen LogP contribution >= 0.6 is 0 Å². The lowest BCUT2D eigenvalue weighted by Gasteiger charge is -2.21. The van der Waals surface area contributed by atoms with Gasteiger partial charge in [-0.25, -0.2) is 19.6 Å². The lowest BCUT2D eigenvalue weighted by Crippen LogP contribution is -2.33. The Morgan fingerprint density at radius 1 is 0.956 bits per heavy atom. The molecule has 1 aromatic carbocycles. The van der Waals surface area contributed by atoms with Crippen molar-refractivity contribution in [3.05, 3.63) is 53.5 Å². The van der Waals surface area contributed by atoms with Crippen molar-refractivity contribution < 1.29 is 33.4 Å². The Morgan fingerprint density at radius 2 is 1.60 bits per heavy atom. The number of hydrogen-bond donors (Lipinski definition) is 3. The highest BCUT2D eigenvalue weighted by molar-refractivity contribution is 6.01. The Kier molecular flexibility index (Phi) is 10.6. The molecule has 0 saturated heterocycles. The van der Waals surface area contributed by atoms with Gasteiger partial charge in [-0.1, -0.05) is 0 Å². The molecule has 0 fully saturated rings. The summed E-state index contributed by atoms with van der Waals surface area (Å²) in [6.07, 6.45) is 1.82. The van der Waals surface area contributed by atoms with Gasteiger partial charge >= 0.3 is 18.0 Å². The summed E-state index contributed by atoms with van der Waals surface area (Å²) < 4.78 is 15.3. The molecule has 3 aromatic rings. The first kappa shape index (κ1) is 34.2. The van der Waals surface area contributed by atoms with E-state index in [9.17, 15) is 19.2 Å². The zero-order valence-corrected chi connectivity index (χ0v) is 26.5. The molecule has 0 radical (unpaired) electrons. The number of ether oxygens (including phenoxy) is 3. The van der Waals surface area contributed by atoms with Crippen LogP contribution in [0.2, 0.25) is 0 Å². The van der Waals surface area contributed by atoms with E-state index in [1.165, 1.54) is 19.4 Å².